The highest BCUT2D eigenvalue weighted by Crippen LogP contribution is 2.26. The van der Waals surface area contributed by atoms with E-state index in [-0.39, 0.29) is 0 Å². The fourth-order valence-electron chi connectivity index (χ4n) is 2.36. The maximum Gasteiger partial charge on any atom is 0.153 e. The van der Waals surface area contributed by atoms with E-state index in [1.807, 2.05) is 0 Å². The molecule has 0 aliphatic carbocycles. The van der Waals surface area contributed by atoms with E-state index in [2.05, 4.69) is 28.8 Å². The lowest BCUT2D eigenvalue weighted by Gasteiger charge is -2.25. The van der Waals surface area contributed by atoms with Crippen molar-refractivity contribution in [2.24, 2.45) is 0 Å². The lowest BCUT2D eigenvalue weighted by molar-refractivity contribution is 0.521. The summed E-state index contributed by atoms with van der Waals surface area (Å²) in [6.45, 7) is 5.67. The number of sulfone groups is 1. The molecular formula is C15H24N2O2S. The molecule has 1 aromatic carbocycles. The van der Waals surface area contributed by atoms with Crippen molar-refractivity contribution >= 4 is 15.5 Å². The van der Waals surface area contributed by atoms with Crippen molar-refractivity contribution in [3.05, 3.63) is 29.3 Å². The number of hydrogen-bond donors (Lipinski definition) is 2. The minimum absolute atomic E-state index is 0.454. The van der Waals surface area contributed by atoms with Gasteiger partial charge in [-0.1, -0.05) is 18.2 Å². The van der Waals surface area contributed by atoms with Crippen LogP contribution in [0.1, 0.15) is 31.4 Å². The zero-order valence-corrected chi connectivity index (χ0v) is 13.3. The standard InChI is InChI=1S/C15H24N2O2S/c1-15(2,20(3,18)19)11-16-10-13-7-4-6-12-8-5-9-17-14(12)13/h4,6-7,16-17H,5,8-11H2,1-3H3. The molecule has 0 saturated heterocycles. The monoisotopic (exact) mass is 296 g/mol. The van der Waals surface area contributed by atoms with E-state index in [4.69, 9.17) is 0 Å². The fourth-order valence-corrected chi connectivity index (χ4v) is 2.72. The first-order chi connectivity index (χ1) is 9.31. The lowest BCUT2D eigenvalue weighted by atomic mass is 9.99. The van der Waals surface area contributed by atoms with Gasteiger partial charge in [0.15, 0.2) is 9.84 Å². The summed E-state index contributed by atoms with van der Waals surface area (Å²) in [5.74, 6) is 0. The minimum atomic E-state index is -3.05. The Labute approximate surface area is 121 Å². The number of nitrogens with one attached hydrogen (secondary N) is 2. The Morgan fingerprint density at radius 1 is 1.35 bits per heavy atom. The summed E-state index contributed by atoms with van der Waals surface area (Å²) < 4.78 is 22.6. The third kappa shape index (κ3) is 3.33. The Balaban J connectivity index is 2.02. The molecule has 1 aliphatic heterocycles. The third-order valence-electron chi connectivity index (χ3n) is 4.03. The van der Waals surface area contributed by atoms with Crippen molar-refractivity contribution in [3.63, 3.8) is 0 Å². The molecule has 112 valence electrons. The molecule has 0 unspecified atom stereocenters. The predicted octanol–water partition coefficient (Wildman–Crippen LogP) is 1.96. The topological polar surface area (TPSA) is 58.2 Å². The number of benzene rings is 1. The van der Waals surface area contributed by atoms with E-state index >= 15 is 0 Å². The zero-order valence-electron chi connectivity index (χ0n) is 12.5. The van der Waals surface area contributed by atoms with Gasteiger partial charge in [-0.05, 0) is 37.8 Å². The van der Waals surface area contributed by atoms with E-state index in [1.165, 1.54) is 29.5 Å². The van der Waals surface area contributed by atoms with Crippen LogP contribution < -0.4 is 10.6 Å². The zero-order chi connectivity index (χ0) is 14.8. The molecule has 0 bridgehead atoms. The van der Waals surface area contributed by atoms with Crippen LogP contribution in [0, 0.1) is 0 Å². The van der Waals surface area contributed by atoms with Crippen LogP contribution in [0.5, 0.6) is 0 Å². The predicted molar refractivity (Wildman–Crippen MR) is 83.9 cm³/mol. The highest BCUT2D eigenvalue weighted by molar-refractivity contribution is 7.92. The number of para-hydroxylation sites is 1. The van der Waals surface area contributed by atoms with Gasteiger partial charge >= 0.3 is 0 Å². The van der Waals surface area contributed by atoms with Crippen molar-refractivity contribution in [2.45, 2.75) is 38.0 Å². The minimum Gasteiger partial charge on any atom is -0.385 e. The molecule has 1 heterocycles. The Kier molecular flexibility index (Phi) is 4.39. The second kappa shape index (κ2) is 5.74. The van der Waals surface area contributed by atoms with Crippen LogP contribution in [0.3, 0.4) is 0 Å². The first-order valence-electron chi connectivity index (χ1n) is 7.06. The Morgan fingerprint density at radius 2 is 2.10 bits per heavy atom. The number of anilines is 1. The average Bonchev–Trinajstić information content (AvgIpc) is 2.37. The Bertz CT molecular complexity index is 580. The molecule has 5 heteroatoms. The normalized spacial score (nSPS) is 15.6. The Hall–Kier alpha value is -1.07. The molecule has 0 fully saturated rings. The van der Waals surface area contributed by atoms with E-state index in [0.29, 0.717) is 13.1 Å². The van der Waals surface area contributed by atoms with Crippen molar-refractivity contribution in [1.82, 2.24) is 5.32 Å². The molecule has 4 nitrogen and oxygen atoms in total. The maximum atomic E-state index is 11.7. The first kappa shape index (κ1) is 15.3. The van der Waals surface area contributed by atoms with Crippen LogP contribution in [0.4, 0.5) is 5.69 Å². The van der Waals surface area contributed by atoms with Crippen LogP contribution >= 0.6 is 0 Å². The molecule has 1 aliphatic rings. The van der Waals surface area contributed by atoms with Gasteiger partial charge < -0.3 is 10.6 Å². The van der Waals surface area contributed by atoms with Crippen LogP contribution in [-0.2, 0) is 22.8 Å². The van der Waals surface area contributed by atoms with Gasteiger partial charge in [-0.25, -0.2) is 8.42 Å². The van der Waals surface area contributed by atoms with Crippen LogP contribution in [0.2, 0.25) is 0 Å². The second-order valence-corrected chi connectivity index (χ2v) is 8.77. The fraction of sp³-hybridized carbons (Fsp3) is 0.600. The summed E-state index contributed by atoms with van der Waals surface area (Å²) >= 11 is 0. The van der Waals surface area contributed by atoms with Gasteiger partial charge in [0.05, 0.1) is 4.75 Å². The summed E-state index contributed by atoms with van der Waals surface area (Å²) in [4.78, 5) is 0. The molecule has 0 spiro atoms. The molecule has 1 aromatic rings. The smallest absolute Gasteiger partial charge is 0.153 e. The number of fused-ring (bicyclic) bond motifs is 1. The van der Waals surface area contributed by atoms with Crippen LogP contribution in [-0.4, -0.2) is 32.5 Å². The lowest BCUT2D eigenvalue weighted by Crippen LogP contribution is -2.41. The Morgan fingerprint density at radius 3 is 2.80 bits per heavy atom. The number of hydrogen-bond acceptors (Lipinski definition) is 4. The first-order valence-corrected chi connectivity index (χ1v) is 8.95. The van der Waals surface area contributed by atoms with Crippen molar-refractivity contribution in [1.29, 1.82) is 0 Å². The van der Waals surface area contributed by atoms with Crippen molar-refractivity contribution in [3.8, 4) is 0 Å². The number of aryl methyl sites for hydroxylation is 1. The van der Waals surface area contributed by atoms with Gasteiger partial charge in [0.2, 0.25) is 0 Å². The summed E-state index contributed by atoms with van der Waals surface area (Å²) in [7, 11) is -3.05. The van der Waals surface area contributed by atoms with Gasteiger partial charge in [-0.3, -0.25) is 0 Å². The van der Waals surface area contributed by atoms with Crippen molar-refractivity contribution < 1.29 is 8.42 Å². The molecule has 0 amide bonds. The van der Waals surface area contributed by atoms with Gasteiger partial charge in [0.25, 0.3) is 0 Å². The molecule has 0 aromatic heterocycles. The molecule has 0 radical (unpaired) electrons. The molecule has 2 N–H and O–H groups in total. The molecule has 2 rings (SSSR count). The van der Waals surface area contributed by atoms with E-state index in [1.54, 1.807) is 13.8 Å². The van der Waals surface area contributed by atoms with E-state index < -0.39 is 14.6 Å². The summed E-state index contributed by atoms with van der Waals surface area (Å²) in [5, 5.41) is 6.73. The quantitative estimate of drug-likeness (QED) is 0.872. The summed E-state index contributed by atoms with van der Waals surface area (Å²) in [6.07, 6.45) is 3.58. The SMILES string of the molecule is CC(C)(CNCc1cccc2c1NCCC2)S(C)(=O)=O. The largest absolute Gasteiger partial charge is 0.385 e. The van der Waals surface area contributed by atoms with Gasteiger partial charge in [0, 0.05) is 31.6 Å². The summed E-state index contributed by atoms with van der Waals surface area (Å²) in [6, 6.07) is 6.33. The molecule has 0 atom stereocenters. The highest BCUT2D eigenvalue weighted by Gasteiger charge is 2.29. The van der Waals surface area contributed by atoms with Crippen molar-refractivity contribution in [2.75, 3.05) is 24.7 Å². The average molecular weight is 296 g/mol. The van der Waals surface area contributed by atoms with Gasteiger partial charge in [-0.15, -0.1) is 0 Å². The number of rotatable bonds is 5. The van der Waals surface area contributed by atoms with Crippen LogP contribution in [0.15, 0.2) is 18.2 Å². The van der Waals surface area contributed by atoms with Gasteiger partial charge in [0.1, 0.15) is 0 Å². The van der Waals surface area contributed by atoms with E-state index in [0.717, 1.165) is 13.0 Å². The third-order valence-corrected chi connectivity index (χ3v) is 6.18. The summed E-state index contributed by atoms with van der Waals surface area (Å²) in [5.41, 5.74) is 3.80. The second-order valence-electron chi connectivity index (χ2n) is 6.12. The van der Waals surface area contributed by atoms with Gasteiger partial charge in [-0.2, -0.15) is 0 Å². The maximum absolute atomic E-state index is 11.7. The molecule has 0 saturated carbocycles. The molecule has 20 heavy (non-hydrogen) atoms. The van der Waals surface area contributed by atoms with E-state index in [9.17, 15) is 8.42 Å². The molecular weight excluding hydrogens is 272 g/mol. The highest BCUT2D eigenvalue weighted by atomic mass is 32.2. The van der Waals surface area contributed by atoms with Crippen LogP contribution in [0.25, 0.3) is 0 Å².